The van der Waals surface area contributed by atoms with Gasteiger partial charge in [0.2, 0.25) is 0 Å². The number of nitrogens with zero attached hydrogens (tertiary/aromatic N) is 1. The van der Waals surface area contributed by atoms with Crippen LogP contribution in [0.5, 0.6) is 0 Å². The van der Waals surface area contributed by atoms with Gasteiger partial charge in [-0.1, -0.05) is 35.9 Å². The van der Waals surface area contributed by atoms with E-state index < -0.39 is 11.9 Å². The van der Waals surface area contributed by atoms with Crippen molar-refractivity contribution in [1.29, 1.82) is 5.26 Å². The van der Waals surface area contributed by atoms with Crippen LogP contribution in [-0.2, 0) is 20.7 Å². The molecule has 0 heterocycles. The summed E-state index contributed by atoms with van der Waals surface area (Å²) in [4.78, 5) is 23.5. The lowest BCUT2D eigenvalue weighted by atomic mass is 10.1. The highest BCUT2D eigenvalue weighted by atomic mass is 16.5. The lowest BCUT2D eigenvalue weighted by Crippen LogP contribution is -2.21. The lowest BCUT2D eigenvalue weighted by Gasteiger charge is -2.07. The number of hydrogen-bond donors (Lipinski definition) is 1. The van der Waals surface area contributed by atoms with E-state index in [0.29, 0.717) is 11.3 Å². The number of carbonyl (C=O) groups excluding carboxylic acids is 2. The predicted octanol–water partition coefficient (Wildman–Crippen LogP) is 2.59. The van der Waals surface area contributed by atoms with Gasteiger partial charge in [0.15, 0.2) is 6.61 Å². The maximum Gasteiger partial charge on any atom is 0.310 e. The zero-order chi connectivity index (χ0) is 16.7. The third-order valence-corrected chi connectivity index (χ3v) is 3.11. The number of aryl methyl sites for hydroxylation is 1. The Hall–Kier alpha value is -3.13. The molecule has 0 aromatic heterocycles. The van der Waals surface area contributed by atoms with Crippen LogP contribution < -0.4 is 5.32 Å². The summed E-state index contributed by atoms with van der Waals surface area (Å²) in [6, 6.07) is 16.0. The molecule has 0 aliphatic carbocycles. The van der Waals surface area contributed by atoms with Gasteiger partial charge >= 0.3 is 5.97 Å². The molecule has 0 spiro atoms. The van der Waals surface area contributed by atoms with Gasteiger partial charge in [-0.2, -0.15) is 5.26 Å². The molecule has 5 nitrogen and oxygen atoms in total. The molecule has 1 amide bonds. The molecule has 1 N–H and O–H groups in total. The summed E-state index contributed by atoms with van der Waals surface area (Å²) in [6.07, 6.45) is 0.122. The van der Waals surface area contributed by atoms with Crippen molar-refractivity contribution in [2.45, 2.75) is 13.3 Å². The normalized spacial score (nSPS) is 9.74. The number of esters is 1. The van der Waals surface area contributed by atoms with Gasteiger partial charge in [-0.15, -0.1) is 0 Å². The minimum Gasteiger partial charge on any atom is -0.455 e. The number of anilines is 1. The van der Waals surface area contributed by atoms with Gasteiger partial charge in [0.05, 0.1) is 18.1 Å². The van der Waals surface area contributed by atoms with Crippen molar-refractivity contribution < 1.29 is 14.3 Å². The number of carbonyl (C=O) groups is 2. The Morgan fingerprint density at radius 2 is 1.91 bits per heavy atom. The number of ether oxygens (including phenoxy) is 1. The molecular weight excluding hydrogens is 292 g/mol. The Bertz CT molecular complexity index is 746. The number of nitrogens with one attached hydrogen (secondary N) is 1. The molecule has 116 valence electrons. The second-order valence-corrected chi connectivity index (χ2v) is 5.06. The number of benzene rings is 2. The largest absolute Gasteiger partial charge is 0.455 e. The van der Waals surface area contributed by atoms with E-state index in [1.54, 1.807) is 24.3 Å². The summed E-state index contributed by atoms with van der Waals surface area (Å²) in [5, 5.41) is 11.4. The quantitative estimate of drug-likeness (QED) is 0.861. The molecule has 0 saturated heterocycles. The summed E-state index contributed by atoms with van der Waals surface area (Å²) in [7, 11) is 0. The summed E-state index contributed by atoms with van der Waals surface area (Å²) in [5.74, 6) is -0.910. The van der Waals surface area contributed by atoms with Crippen LogP contribution in [0.25, 0.3) is 0 Å². The first kappa shape index (κ1) is 16.2. The molecule has 2 aromatic rings. The fourth-order valence-corrected chi connectivity index (χ4v) is 1.93. The van der Waals surface area contributed by atoms with E-state index in [0.717, 1.165) is 11.1 Å². The number of nitriles is 1. The highest BCUT2D eigenvalue weighted by Gasteiger charge is 2.09. The first-order valence-corrected chi connectivity index (χ1v) is 7.08. The van der Waals surface area contributed by atoms with Crippen LogP contribution in [0.4, 0.5) is 5.69 Å². The topological polar surface area (TPSA) is 79.2 Å². The molecule has 0 fully saturated rings. The fourth-order valence-electron chi connectivity index (χ4n) is 1.93. The average Bonchev–Trinajstić information content (AvgIpc) is 2.55. The van der Waals surface area contributed by atoms with E-state index in [-0.39, 0.29) is 13.0 Å². The van der Waals surface area contributed by atoms with Crippen molar-refractivity contribution in [3.05, 3.63) is 65.2 Å². The van der Waals surface area contributed by atoms with E-state index in [9.17, 15) is 9.59 Å². The van der Waals surface area contributed by atoms with Crippen molar-refractivity contribution in [3.63, 3.8) is 0 Å². The molecule has 0 atom stereocenters. The number of amides is 1. The smallest absolute Gasteiger partial charge is 0.310 e. The molecule has 0 unspecified atom stereocenters. The highest BCUT2D eigenvalue weighted by Crippen LogP contribution is 2.09. The molecule has 5 heteroatoms. The summed E-state index contributed by atoms with van der Waals surface area (Å²) >= 11 is 0. The van der Waals surface area contributed by atoms with Crippen LogP contribution in [0.3, 0.4) is 0 Å². The van der Waals surface area contributed by atoms with E-state index in [1.807, 2.05) is 37.3 Å². The van der Waals surface area contributed by atoms with Crippen molar-refractivity contribution in [1.82, 2.24) is 0 Å². The van der Waals surface area contributed by atoms with Crippen molar-refractivity contribution in [3.8, 4) is 6.07 Å². The maximum atomic E-state index is 11.7. The van der Waals surface area contributed by atoms with Crippen LogP contribution in [0.1, 0.15) is 16.7 Å². The standard InChI is InChI=1S/C18H16N2O3/c1-13-5-7-14(8-6-13)10-18(22)23-12-17(21)20-16-4-2-3-15(9-16)11-19/h2-9H,10,12H2,1H3,(H,20,21). The zero-order valence-electron chi connectivity index (χ0n) is 12.7. The Balaban J connectivity index is 1.80. The van der Waals surface area contributed by atoms with Crippen molar-refractivity contribution in [2.24, 2.45) is 0 Å². The second-order valence-electron chi connectivity index (χ2n) is 5.06. The molecule has 0 aliphatic rings. The minimum absolute atomic E-state index is 0.122. The number of rotatable bonds is 5. The third-order valence-electron chi connectivity index (χ3n) is 3.11. The Labute approximate surface area is 134 Å². The average molecular weight is 308 g/mol. The van der Waals surface area contributed by atoms with E-state index >= 15 is 0 Å². The molecule has 0 aliphatic heterocycles. The van der Waals surface area contributed by atoms with Crippen LogP contribution >= 0.6 is 0 Å². The molecule has 0 bridgehead atoms. The molecule has 23 heavy (non-hydrogen) atoms. The third kappa shape index (κ3) is 5.29. The lowest BCUT2D eigenvalue weighted by molar-refractivity contribution is -0.146. The van der Waals surface area contributed by atoms with E-state index in [2.05, 4.69) is 5.32 Å². The Morgan fingerprint density at radius 1 is 1.17 bits per heavy atom. The van der Waals surface area contributed by atoms with Crippen LogP contribution in [0.2, 0.25) is 0 Å². The maximum absolute atomic E-state index is 11.7. The first-order valence-electron chi connectivity index (χ1n) is 7.08. The Kier molecular flexibility index (Phi) is 5.48. The zero-order valence-corrected chi connectivity index (χ0v) is 12.7. The predicted molar refractivity (Wildman–Crippen MR) is 85.6 cm³/mol. The van der Waals surface area contributed by atoms with Gasteiger partial charge in [-0.25, -0.2) is 0 Å². The molecule has 0 radical (unpaired) electrons. The van der Waals surface area contributed by atoms with Gasteiger partial charge in [-0.05, 0) is 30.7 Å². The number of hydrogen-bond acceptors (Lipinski definition) is 4. The van der Waals surface area contributed by atoms with E-state index in [4.69, 9.17) is 10.00 Å². The van der Waals surface area contributed by atoms with Crippen molar-refractivity contribution >= 4 is 17.6 Å². The molecule has 2 aromatic carbocycles. The SMILES string of the molecule is Cc1ccc(CC(=O)OCC(=O)Nc2cccc(C#N)c2)cc1. The summed E-state index contributed by atoms with van der Waals surface area (Å²) in [5.41, 5.74) is 2.88. The second kappa shape index (κ2) is 7.76. The van der Waals surface area contributed by atoms with Crippen LogP contribution in [-0.4, -0.2) is 18.5 Å². The monoisotopic (exact) mass is 308 g/mol. The van der Waals surface area contributed by atoms with Crippen molar-refractivity contribution in [2.75, 3.05) is 11.9 Å². The summed E-state index contributed by atoms with van der Waals surface area (Å²) < 4.78 is 4.95. The van der Waals surface area contributed by atoms with Gasteiger partial charge in [0.25, 0.3) is 5.91 Å². The summed E-state index contributed by atoms with van der Waals surface area (Å²) in [6.45, 7) is 1.61. The van der Waals surface area contributed by atoms with Gasteiger partial charge in [0, 0.05) is 5.69 Å². The van der Waals surface area contributed by atoms with Gasteiger partial charge < -0.3 is 10.1 Å². The first-order chi connectivity index (χ1) is 11.1. The molecule has 0 saturated carbocycles. The highest BCUT2D eigenvalue weighted by molar-refractivity contribution is 5.93. The van der Waals surface area contributed by atoms with E-state index in [1.165, 1.54) is 0 Å². The van der Waals surface area contributed by atoms with Crippen LogP contribution in [0.15, 0.2) is 48.5 Å². The molecule has 2 rings (SSSR count). The Morgan fingerprint density at radius 3 is 2.61 bits per heavy atom. The fraction of sp³-hybridized carbons (Fsp3) is 0.167. The molecular formula is C18H16N2O3. The van der Waals surface area contributed by atoms with Gasteiger partial charge in [-0.3, -0.25) is 9.59 Å². The van der Waals surface area contributed by atoms with Crippen LogP contribution in [0, 0.1) is 18.3 Å². The van der Waals surface area contributed by atoms with Gasteiger partial charge in [0.1, 0.15) is 0 Å². The minimum atomic E-state index is -0.463.